The highest BCUT2D eigenvalue weighted by atomic mass is 32.1. The van der Waals surface area contributed by atoms with Crippen molar-refractivity contribution < 1.29 is 9.13 Å². The van der Waals surface area contributed by atoms with E-state index in [1.807, 2.05) is 30.3 Å². The van der Waals surface area contributed by atoms with E-state index < -0.39 is 0 Å². The highest BCUT2D eigenvalue weighted by molar-refractivity contribution is 7.18. The maximum absolute atomic E-state index is 13.8. The van der Waals surface area contributed by atoms with E-state index in [0.717, 1.165) is 52.6 Å². The molecule has 0 unspecified atom stereocenters. The van der Waals surface area contributed by atoms with E-state index in [2.05, 4.69) is 0 Å². The number of rotatable bonds is 4. The molecule has 0 bridgehead atoms. The first-order valence-corrected chi connectivity index (χ1v) is 10.9. The molecule has 0 amide bonds. The van der Waals surface area contributed by atoms with Crippen LogP contribution in [0.4, 0.5) is 4.39 Å². The number of aryl methyl sites for hydroxylation is 2. The Bertz CT molecular complexity index is 1310. The van der Waals surface area contributed by atoms with Gasteiger partial charge in [-0.15, -0.1) is 11.3 Å². The zero-order chi connectivity index (χ0) is 20.7. The second-order valence-corrected chi connectivity index (χ2v) is 8.66. The molecule has 1 aliphatic rings. The van der Waals surface area contributed by atoms with Gasteiger partial charge in [-0.05, 0) is 61.1 Å². The Morgan fingerprint density at radius 3 is 2.80 bits per heavy atom. The lowest BCUT2D eigenvalue weighted by Crippen LogP contribution is -2.24. The molecule has 0 radical (unpaired) electrons. The van der Waals surface area contributed by atoms with Gasteiger partial charge in [0.1, 0.15) is 22.2 Å². The van der Waals surface area contributed by atoms with E-state index >= 15 is 0 Å². The fourth-order valence-corrected chi connectivity index (χ4v) is 5.44. The number of aromatic nitrogens is 2. The molecule has 0 fully saturated rings. The summed E-state index contributed by atoms with van der Waals surface area (Å²) in [5.74, 6) is 0.962. The molecule has 2 aromatic heterocycles. The zero-order valence-electron chi connectivity index (χ0n) is 16.7. The van der Waals surface area contributed by atoms with Crippen molar-refractivity contribution in [1.29, 1.82) is 0 Å². The SMILES string of the molecule is COc1cccc(-c2nc3sc4c(c3c(=O)n2Cc2cccc(F)c2)CCCC4)c1. The van der Waals surface area contributed by atoms with Gasteiger partial charge >= 0.3 is 0 Å². The van der Waals surface area contributed by atoms with Crippen LogP contribution in [0, 0.1) is 5.82 Å². The fraction of sp³-hybridized carbons (Fsp3) is 0.250. The Balaban J connectivity index is 1.77. The number of halogens is 1. The molecule has 2 heterocycles. The van der Waals surface area contributed by atoms with Crippen LogP contribution in [-0.2, 0) is 19.4 Å². The second-order valence-electron chi connectivity index (χ2n) is 7.58. The number of ether oxygens (including phenoxy) is 1. The van der Waals surface area contributed by atoms with Crippen molar-refractivity contribution in [3.8, 4) is 17.1 Å². The Morgan fingerprint density at radius 1 is 1.13 bits per heavy atom. The van der Waals surface area contributed by atoms with E-state index in [1.54, 1.807) is 29.1 Å². The van der Waals surface area contributed by atoms with Crippen molar-refractivity contribution >= 4 is 21.6 Å². The van der Waals surface area contributed by atoms with Gasteiger partial charge in [-0.3, -0.25) is 9.36 Å². The van der Waals surface area contributed by atoms with Crippen LogP contribution in [0.5, 0.6) is 5.75 Å². The summed E-state index contributed by atoms with van der Waals surface area (Å²) in [6, 6.07) is 13.9. The summed E-state index contributed by atoms with van der Waals surface area (Å²) < 4.78 is 20.8. The molecule has 0 spiro atoms. The molecule has 30 heavy (non-hydrogen) atoms. The van der Waals surface area contributed by atoms with Gasteiger partial charge in [0.2, 0.25) is 0 Å². The molecule has 5 rings (SSSR count). The minimum Gasteiger partial charge on any atom is -0.497 e. The Labute approximate surface area is 177 Å². The van der Waals surface area contributed by atoms with Gasteiger partial charge in [0.15, 0.2) is 0 Å². The Kier molecular flexibility index (Phi) is 4.87. The molecule has 152 valence electrons. The first kappa shape index (κ1) is 19.0. The van der Waals surface area contributed by atoms with Crippen molar-refractivity contribution in [2.45, 2.75) is 32.2 Å². The van der Waals surface area contributed by atoms with Crippen molar-refractivity contribution in [2.24, 2.45) is 0 Å². The Hall–Kier alpha value is -2.99. The van der Waals surface area contributed by atoms with Crippen molar-refractivity contribution in [3.63, 3.8) is 0 Å². The summed E-state index contributed by atoms with van der Waals surface area (Å²) in [4.78, 5) is 20.7. The van der Waals surface area contributed by atoms with Crippen LogP contribution < -0.4 is 10.3 Å². The largest absolute Gasteiger partial charge is 0.497 e. The summed E-state index contributed by atoms with van der Waals surface area (Å²) in [6.45, 7) is 0.261. The van der Waals surface area contributed by atoms with Gasteiger partial charge in [0.25, 0.3) is 5.56 Å². The van der Waals surface area contributed by atoms with E-state index in [0.29, 0.717) is 11.6 Å². The molecule has 0 saturated carbocycles. The van der Waals surface area contributed by atoms with Crippen LogP contribution in [0.25, 0.3) is 21.6 Å². The highest BCUT2D eigenvalue weighted by Gasteiger charge is 2.23. The number of benzene rings is 2. The molecular weight excluding hydrogens is 399 g/mol. The standard InChI is InChI=1S/C24H21FN2O2S/c1-29-18-9-5-7-16(13-18)22-26-23-21(19-10-2-3-11-20(19)30-23)24(28)27(22)14-15-6-4-8-17(25)12-15/h4-9,12-13H,2-3,10-11,14H2,1H3. The van der Waals surface area contributed by atoms with Crippen molar-refractivity contribution in [3.05, 3.63) is 80.7 Å². The number of hydrogen-bond acceptors (Lipinski definition) is 4. The number of methoxy groups -OCH3 is 1. The summed E-state index contributed by atoms with van der Waals surface area (Å²) in [5, 5.41) is 0.734. The average Bonchev–Trinajstić information content (AvgIpc) is 3.14. The van der Waals surface area contributed by atoms with E-state index in [1.165, 1.54) is 17.0 Å². The summed E-state index contributed by atoms with van der Waals surface area (Å²) >= 11 is 1.63. The highest BCUT2D eigenvalue weighted by Crippen LogP contribution is 2.35. The Morgan fingerprint density at radius 2 is 1.97 bits per heavy atom. The molecule has 0 N–H and O–H groups in total. The molecule has 4 aromatic rings. The predicted octanol–water partition coefficient (Wildman–Crippen LogP) is 5.20. The fourth-order valence-electron chi connectivity index (χ4n) is 4.19. The zero-order valence-corrected chi connectivity index (χ0v) is 17.5. The monoisotopic (exact) mass is 420 g/mol. The quantitative estimate of drug-likeness (QED) is 0.456. The molecule has 2 aromatic carbocycles. The number of thiophene rings is 1. The number of fused-ring (bicyclic) bond motifs is 3. The maximum Gasteiger partial charge on any atom is 0.263 e. The summed E-state index contributed by atoms with van der Waals surface area (Å²) in [6.07, 6.45) is 4.18. The number of nitrogens with zero attached hydrogens (tertiary/aromatic N) is 2. The van der Waals surface area contributed by atoms with Crippen LogP contribution in [0.3, 0.4) is 0 Å². The average molecular weight is 421 g/mol. The van der Waals surface area contributed by atoms with Gasteiger partial charge < -0.3 is 4.74 Å². The van der Waals surface area contributed by atoms with Crippen molar-refractivity contribution in [1.82, 2.24) is 9.55 Å². The second kappa shape index (κ2) is 7.69. The van der Waals surface area contributed by atoms with Crippen LogP contribution >= 0.6 is 11.3 Å². The molecular formula is C24H21FN2O2S. The first-order chi connectivity index (χ1) is 14.6. The van der Waals surface area contributed by atoms with E-state index in [9.17, 15) is 9.18 Å². The third-order valence-corrected chi connectivity index (χ3v) is 6.82. The molecule has 0 aliphatic heterocycles. The van der Waals surface area contributed by atoms with Crippen LogP contribution in [0.2, 0.25) is 0 Å². The van der Waals surface area contributed by atoms with Gasteiger partial charge in [-0.1, -0.05) is 24.3 Å². The molecule has 6 heteroatoms. The first-order valence-electron chi connectivity index (χ1n) is 10.1. The minimum atomic E-state index is -0.314. The maximum atomic E-state index is 13.8. The van der Waals surface area contributed by atoms with Crippen LogP contribution in [0.1, 0.15) is 28.8 Å². The lowest BCUT2D eigenvalue weighted by atomic mass is 9.97. The van der Waals surface area contributed by atoms with Gasteiger partial charge in [-0.2, -0.15) is 0 Å². The van der Waals surface area contributed by atoms with E-state index in [-0.39, 0.29) is 17.9 Å². The lowest BCUT2D eigenvalue weighted by molar-refractivity contribution is 0.415. The minimum absolute atomic E-state index is 0.0542. The van der Waals surface area contributed by atoms with Crippen LogP contribution in [0.15, 0.2) is 53.3 Å². The third kappa shape index (κ3) is 3.31. The lowest BCUT2D eigenvalue weighted by Gasteiger charge is -2.15. The smallest absolute Gasteiger partial charge is 0.263 e. The van der Waals surface area contributed by atoms with Crippen molar-refractivity contribution in [2.75, 3.05) is 7.11 Å². The molecule has 0 saturated heterocycles. The molecule has 1 aliphatic carbocycles. The summed E-state index contributed by atoms with van der Waals surface area (Å²) in [5.41, 5.74) is 2.63. The topological polar surface area (TPSA) is 44.1 Å². The van der Waals surface area contributed by atoms with Gasteiger partial charge in [0, 0.05) is 10.4 Å². The third-order valence-electron chi connectivity index (χ3n) is 5.63. The predicted molar refractivity (Wildman–Crippen MR) is 118 cm³/mol. The number of hydrogen-bond donors (Lipinski definition) is 0. The van der Waals surface area contributed by atoms with Gasteiger partial charge in [-0.25, -0.2) is 9.37 Å². The van der Waals surface area contributed by atoms with Gasteiger partial charge in [0.05, 0.1) is 19.0 Å². The molecule has 0 atom stereocenters. The molecule has 4 nitrogen and oxygen atoms in total. The van der Waals surface area contributed by atoms with Crippen LogP contribution in [-0.4, -0.2) is 16.7 Å². The summed E-state index contributed by atoms with van der Waals surface area (Å²) in [7, 11) is 1.61. The van der Waals surface area contributed by atoms with E-state index in [4.69, 9.17) is 9.72 Å². The normalized spacial score (nSPS) is 13.4.